The molecule has 1 saturated carbocycles. The van der Waals surface area contributed by atoms with E-state index in [1.54, 1.807) is 5.54 Å². The second-order valence-corrected chi connectivity index (χ2v) is 8.03. The van der Waals surface area contributed by atoms with Crippen molar-refractivity contribution in [2.24, 2.45) is 11.8 Å². The third kappa shape index (κ3) is 5.48. The van der Waals surface area contributed by atoms with Crippen LogP contribution in [0.3, 0.4) is 0 Å². The molecule has 3 rings (SSSR count). The molecule has 0 amide bonds. The van der Waals surface area contributed by atoms with Crippen molar-refractivity contribution in [3.05, 3.63) is 71.3 Å². The first-order valence-corrected chi connectivity index (χ1v) is 10.7. The normalized spacial score (nSPS) is 20.5. The highest BCUT2D eigenvalue weighted by molar-refractivity contribution is 6.25. The van der Waals surface area contributed by atoms with Crippen molar-refractivity contribution < 1.29 is 0 Å². The van der Waals surface area contributed by atoms with Crippen LogP contribution in [0, 0.1) is 11.8 Å². The summed E-state index contributed by atoms with van der Waals surface area (Å²) in [5, 5.41) is 0. The van der Waals surface area contributed by atoms with Crippen molar-refractivity contribution in [1.29, 1.82) is 0 Å². The lowest BCUT2D eigenvalue weighted by Crippen LogP contribution is -2.13. The highest BCUT2D eigenvalue weighted by atomic mass is 35.5. The predicted molar refractivity (Wildman–Crippen MR) is 115 cm³/mol. The molecule has 1 aliphatic rings. The van der Waals surface area contributed by atoms with Crippen LogP contribution in [0.4, 0.5) is 0 Å². The molecular weight excluding hydrogens is 336 g/mol. The Labute approximate surface area is 164 Å². The Balaban J connectivity index is 1.50. The van der Waals surface area contributed by atoms with Crippen LogP contribution in [0.15, 0.2) is 60.1 Å². The second-order valence-electron chi connectivity index (χ2n) is 7.78. The Morgan fingerprint density at radius 1 is 0.808 bits per heavy atom. The molecule has 26 heavy (non-hydrogen) atoms. The Bertz CT molecular complexity index is 673. The number of halogens is 1. The van der Waals surface area contributed by atoms with Gasteiger partial charge in [-0.25, -0.2) is 0 Å². The van der Waals surface area contributed by atoms with E-state index in [4.69, 9.17) is 11.6 Å². The molecule has 138 valence electrons. The van der Waals surface area contributed by atoms with Gasteiger partial charge in [0.05, 0.1) is 0 Å². The van der Waals surface area contributed by atoms with Crippen LogP contribution in [-0.4, -0.2) is 0 Å². The molecular formula is C25H31Cl. The summed E-state index contributed by atoms with van der Waals surface area (Å²) in [7, 11) is 0. The van der Waals surface area contributed by atoms with E-state index in [0.717, 1.165) is 5.92 Å². The zero-order valence-electron chi connectivity index (χ0n) is 16.0. The largest absolute Gasteiger partial charge is 0.0933 e. The lowest BCUT2D eigenvalue weighted by Gasteiger charge is -2.26. The standard InChI is InChI=1S/C25H31Cl/c1-2-3-20-10-14-24(15-11-20)25-16-12-22(13-17-25)5-4-21-6-8-23(9-7-21)18-19-26/h10-19,21,23H,2-9H2,1H3. The molecule has 0 spiro atoms. The van der Waals surface area contributed by atoms with Gasteiger partial charge in [-0.15, -0.1) is 0 Å². The number of benzene rings is 2. The first-order valence-electron chi connectivity index (χ1n) is 10.2. The molecule has 0 aromatic heterocycles. The minimum atomic E-state index is 0.715. The van der Waals surface area contributed by atoms with Crippen molar-refractivity contribution in [2.75, 3.05) is 0 Å². The number of allylic oxidation sites excluding steroid dienone is 1. The Hall–Kier alpha value is -1.53. The average molecular weight is 367 g/mol. The molecule has 0 atom stereocenters. The van der Waals surface area contributed by atoms with Crippen LogP contribution in [-0.2, 0) is 12.8 Å². The molecule has 0 nitrogen and oxygen atoms in total. The van der Waals surface area contributed by atoms with E-state index < -0.39 is 0 Å². The maximum absolute atomic E-state index is 5.71. The number of hydrogen-bond acceptors (Lipinski definition) is 0. The zero-order chi connectivity index (χ0) is 18.2. The van der Waals surface area contributed by atoms with Gasteiger partial charge in [-0.05, 0) is 79.0 Å². The fourth-order valence-electron chi connectivity index (χ4n) is 4.16. The molecule has 0 N–H and O–H groups in total. The monoisotopic (exact) mass is 366 g/mol. The van der Waals surface area contributed by atoms with Gasteiger partial charge in [-0.3, -0.25) is 0 Å². The molecule has 0 aliphatic heterocycles. The molecule has 2 aromatic rings. The van der Waals surface area contributed by atoms with Gasteiger partial charge in [0.1, 0.15) is 0 Å². The smallest absolute Gasteiger partial charge is 0.000525 e. The van der Waals surface area contributed by atoms with E-state index in [9.17, 15) is 0 Å². The van der Waals surface area contributed by atoms with Crippen molar-refractivity contribution in [2.45, 2.75) is 58.3 Å². The van der Waals surface area contributed by atoms with Gasteiger partial charge < -0.3 is 0 Å². The summed E-state index contributed by atoms with van der Waals surface area (Å²) in [5.41, 5.74) is 7.25. The summed E-state index contributed by atoms with van der Waals surface area (Å²) < 4.78 is 0. The minimum absolute atomic E-state index is 0.715. The van der Waals surface area contributed by atoms with Gasteiger partial charge in [0.25, 0.3) is 0 Å². The fourth-order valence-corrected chi connectivity index (χ4v) is 4.37. The second kappa shape index (κ2) is 9.97. The van der Waals surface area contributed by atoms with Gasteiger partial charge in [-0.2, -0.15) is 0 Å². The van der Waals surface area contributed by atoms with Gasteiger partial charge in [0.15, 0.2) is 0 Å². The topological polar surface area (TPSA) is 0 Å². The molecule has 1 heteroatoms. The van der Waals surface area contributed by atoms with Crippen LogP contribution < -0.4 is 0 Å². The molecule has 2 aromatic carbocycles. The Morgan fingerprint density at radius 3 is 1.85 bits per heavy atom. The van der Waals surface area contributed by atoms with E-state index in [1.807, 2.05) is 0 Å². The predicted octanol–water partition coefficient (Wildman–Crippen LogP) is 7.80. The number of aryl methyl sites for hydroxylation is 2. The third-order valence-corrected chi connectivity index (χ3v) is 6.00. The molecule has 0 bridgehead atoms. The summed E-state index contributed by atoms with van der Waals surface area (Å²) in [5.74, 6) is 1.60. The summed E-state index contributed by atoms with van der Waals surface area (Å²) in [6.07, 6.45) is 12.4. The van der Waals surface area contributed by atoms with Crippen LogP contribution >= 0.6 is 11.6 Å². The van der Waals surface area contributed by atoms with Crippen LogP contribution in [0.2, 0.25) is 0 Å². The summed E-state index contributed by atoms with van der Waals surface area (Å²) in [6, 6.07) is 18.2. The Morgan fingerprint density at radius 2 is 1.35 bits per heavy atom. The third-order valence-electron chi connectivity index (χ3n) is 5.86. The zero-order valence-corrected chi connectivity index (χ0v) is 16.7. The minimum Gasteiger partial charge on any atom is -0.0933 e. The molecule has 1 fully saturated rings. The molecule has 0 heterocycles. The van der Waals surface area contributed by atoms with Crippen LogP contribution in [0.25, 0.3) is 11.1 Å². The highest BCUT2D eigenvalue weighted by Crippen LogP contribution is 2.32. The quantitative estimate of drug-likeness (QED) is 0.468. The molecule has 1 aliphatic carbocycles. The van der Waals surface area contributed by atoms with E-state index >= 15 is 0 Å². The van der Waals surface area contributed by atoms with Crippen molar-refractivity contribution in [1.82, 2.24) is 0 Å². The van der Waals surface area contributed by atoms with Crippen LogP contribution in [0.5, 0.6) is 0 Å². The van der Waals surface area contributed by atoms with E-state index in [-0.39, 0.29) is 0 Å². The van der Waals surface area contributed by atoms with Gasteiger partial charge in [0, 0.05) is 5.54 Å². The SMILES string of the molecule is CCCc1ccc(-c2ccc(CCC3CCC(C=CCl)CC3)cc2)cc1. The highest BCUT2D eigenvalue weighted by Gasteiger charge is 2.19. The van der Waals surface area contributed by atoms with Crippen LogP contribution in [0.1, 0.15) is 56.6 Å². The van der Waals surface area contributed by atoms with E-state index in [0.29, 0.717) is 5.92 Å². The summed E-state index contributed by atoms with van der Waals surface area (Å²) >= 11 is 5.71. The van der Waals surface area contributed by atoms with Gasteiger partial charge >= 0.3 is 0 Å². The molecule has 0 unspecified atom stereocenters. The Kier molecular flexibility index (Phi) is 7.38. The van der Waals surface area contributed by atoms with Crippen molar-refractivity contribution in [3.8, 4) is 11.1 Å². The summed E-state index contributed by atoms with van der Waals surface area (Å²) in [4.78, 5) is 0. The summed E-state index contributed by atoms with van der Waals surface area (Å²) in [6.45, 7) is 2.23. The maximum atomic E-state index is 5.71. The number of hydrogen-bond donors (Lipinski definition) is 0. The van der Waals surface area contributed by atoms with Gasteiger partial charge in [0.2, 0.25) is 0 Å². The van der Waals surface area contributed by atoms with Crippen molar-refractivity contribution >= 4 is 11.6 Å². The molecule has 0 radical (unpaired) electrons. The average Bonchev–Trinajstić information content (AvgIpc) is 2.69. The number of rotatable bonds is 7. The maximum Gasteiger partial charge on any atom is 0.000525 e. The lowest BCUT2D eigenvalue weighted by molar-refractivity contribution is 0.296. The first kappa shape index (κ1) is 19.2. The fraction of sp³-hybridized carbons (Fsp3) is 0.440. The van der Waals surface area contributed by atoms with Crippen molar-refractivity contribution in [3.63, 3.8) is 0 Å². The van der Waals surface area contributed by atoms with E-state index in [1.165, 1.54) is 73.6 Å². The molecule has 0 saturated heterocycles. The van der Waals surface area contributed by atoms with E-state index in [2.05, 4.69) is 61.5 Å². The van der Waals surface area contributed by atoms with Gasteiger partial charge in [-0.1, -0.05) is 79.6 Å². The lowest BCUT2D eigenvalue weighted by atomic mass is 9.79. The first-order chi connectivity index (χ1) is 12.8.